The fraction of sp³-hybridized carbons (Fsp3) is 0.286. The lowest BCUT2D eigenvalue weighted by atomic mass is 10.3. The van der Waals surface area contributed by atoms with Gasteiger partial charge in [-0.2, -0.15) is 13.9 Å². The molecule has 24 heavy (non-hydrogen) atoms. The van der Waals surface area contributed by atoms with Crippen molar-refractivity contribution in [2.75, 3.05) is 5.32 Å². The van der Waals surface area contributed by atoms with Crippen LogP contribution in [0, 0.1) is 20.8 Å². The Morgan fingerprint density at radius 1 is 1.29 bits per heavy atom. The fourth-order valence-electron chi connectivity index (χ4n) is 2.10. The normalized spacial score (nSPS) is 11.9. The van der Waals surface area contributed by atoms with Crippen LogP contribution >= 0.6 is 22.9 Å². The minimum Gasteiger partial charge on any atom is -0.296 e. The number of carbonyl (C=O) groups is 1. The zero-order chi connectivity index (χ0) is 17.6. The van der Waals surface area contributed by atoms with E-state index in [1.807, 2.05) is 13.8 Å². The average Bonchev–Trinajstić information content (AvgIpc) is 3.00. The van der Waals surface area contributed by atoms with Gasteiger partial charge in [0.15, 0.2) is 16.5 Å². The number of aryl methyl sites for hydroxylation is 3. The average molecular weight is 372 g/mol. The molecule has 126 valence electrons. The maximum atomic E-state index is 13.5. The van der Waals surface area contributed by atoms with Crippen LogP contribution in [-0.2, 0) is 5.38 Å². The molecule has 0 aromatic carbocycles. The molecule has 0 atom stereocenters. The summed E-state index contributed by atoms with van der Waals surface area (Å²) in [6.45, 7) is 5.27. The molecule has 3 rings (SSSR count). The van der Waals surface area contributed by atoms with Crippen molar-refractivity contribution >= 4 is 39.6 Å². The van der Waals surface area contributed by atoms with Crippen LogP contribution in [0.25, 0.3) is 5.65 Å². The maximum Gasteiger partial charge on any atom is 0.364 e. The van der Waals surface area contributed by atoms with Gasteiger partial charge in [0.1, 0.15) is 5.69 Å². The number of amides is 1. The van der Waals surface area contributed by atoms with Gasteiger partial charge in [-0.05, 0) is 38.4 Å². The molecule has 0 radical (unpaired) electrons. The van der Waals surface area contributed by atoms with Crippen LogP contribution in [0.3, 0.4) is 0 Å². The van der Waals surface area contributed by atoms with Crippen molar-refractivity contribution in [2.45, 2.75) is 26.2 Å². The topological polar surface area (TPSA) is 72.2 Å². The lowest BCUT2D eigenvalue weighted by molar-refractivity contribution is 0.0868. The number of halogens is 3. The quantitative estimate of drug-likeness (QED) is 0.713. The number of aromatic nitrogens is 4. The van der Waals surface area contributed by atoms with E-state index in [4.69, 9.17) is 11.6 Å². The van der Waals surface area contributed by atoms with Gasteiger partial charge in [0, 0.05) is 16.6 Å². The standard InChI is InChI=1S/C14H12ClF2N5OS/c1-6-4-10(14(15,16)17)22-11(18-6)5-9(21-22)12(23)20-13-19-7(2)8(3)24-13/h4-5H,1-3H3,(H,19,20,23). The number of anilines is 1. The largest absolute Gasteiger partial charge is 0.364 e. The van der Waals surface area contributed by atoms with Gasteiger partial charge in [0.2, 0.25) is 0 Å². The highest BCUT2D eigenvalue weighted by Crippen LogP contribution is 2.32. The Hall–Kier alpha value is -2.13. The third-order valence-corrected chi connectivity index (χ3v) is 4.51. The first-order valence-electron chi connectivity index (χ1n) is 6.85. The number of fused-ring (bicyclic) bond motifs is 1. The molecule has 1 N–H and O–H groups in total. The summed E-state index contributed by atoms with van der Waals surface area (Å²) >= 11 is 6.44. The van der Waals surface area contributed by atoms with Crippen molar-refractivity contribution in [3.05, 3.63) is 39.8 Å². The third-order valence-electron chi connectivity index (χ3n) is 3.33. The van der Waals surface area contributed by atoms with Crippen molar-refractivity contribution in [1.29, 1.82) is 0 Å². The van der Waals surface area contributed by atoms with E-state index in [9.17, 15) is 13.6 Å². The molecule has 0 spiro atoms. The molecule has 0 saturated heterocycles. The summed E-state index contributed by atoms with van der Waals surface area (Å²) in [6, 6.07) is 2.45. The molecule has 0 saturated carbocycles. The molecular formula is C14H12ClF2N5OS. The second-order valence-corrected chi connectivity index (χ2v) is 6.87. The summed E-state index contributed by atoms with van der Waals surface area (Å²) in [7, 11) is 0. The van der Waals surface area contributed by atoms with Crippen molar-refractivity contribution < 1.29 is 13.6 Å². The van der Waals surface area contributed by atoms with E-state index in [0.29, 0.717) is 10.8 Å². The molecule has 3 heterocycles. The summed E-state index contributed by atoms with van der Waals surface area (Å²) in [6.07, 6.45) is 0. The number of nitrogens with zero attached hydrogens (tertiary/aromatic N) is 4. The highest BCUT2D eigenvalue weighted by atomic mass is 35.5. The van der Waals surface area contributed by atoms with E-state index in [1.54, 1.807) is 6.92 Å². The van der Waals surface area contributed by atoms with Crippen LogP contribution in [-0.4, -0.2) is 25.5 Å². The Bertz CT molecular complexity index is 927. The predicted octanol–water partition coefficient (Wildman–Crippen LogP) is 3.65. The number of alkyl halides is 3. The summed E-state index contributed by atoms with van der Waals surface area (Å²) in [5.74, 6) is -0.559. The lowest BCUT2D eigenvalue weighted by Gasteiger charge is -2.10. The zero-order valence-electron chi connectivity index (χ0n) is 12.9. The zero-order valence-corrected chi connectivity index (χ0v) is 14.5. The lowest BCUT2D eigenvalue weighted by Crippen LogP contribution is -2.15. The Labute approximate surface area is 144 Å². The monoisotopic (exact) mass is 371 g/mol. The van der Waals surface area contributed by atoms with Crippen LogP contribution in [0.15, 0.2) is 12.1 Å². The number of rotatable bonds is 3. The molecule has 0 unspecified atom stereocenters. The highest BCUT2D eigenvalue weighted by molar-refractivity contribution is 7.15. The molecule has 6 nitrogen and oxygen atoms in total. The van der Waals surface area contributed by atoms with Gasteiger partial charge in [-0.25, -0.2) is 14.5 Å². The Morgan fingerprint density at radius 2 is 2.00 bits per heavy atom. The van der Waals surface area contributed by atoms with Gasteiger partial charge in [0.05, 0.1) is 5.69 Å². The minimum absolute atomic E-state index is 0.0548. The van der Waals surface area contributed by atoms with E-state index < -0.39 is 17.0 Å². The number of nitrogens with one attached hydrogen (secondary N) is 1. The highest BCUT2D eigenvalue weighted by Gasteiger charge is 2.32. The van der Waals surface area contributed by atoms with Gasteiger partial charge in [-0.15, -0.1) is 11.3 Å². The number of thiazole rings is 1. The number of hydrogen-bond donors (Lipinski definition) is 1. The van der Waals surface area contributed by atoms with Gasteiger partial charge in [-0.3, -0.25) is 10.1 Å². The Morgan fingerprint density at radius 3 is 2.58 bits per heavy atom. The van der Waals surface area contributed by atoms with Crippen LogP contribution in [0.4, 0.5) is 13.9 Å². The summed E-state index contributed by atoms with van der Waals surface area (Å²) in [5.41, 5.74) is 0.664. The van der Waals surface area contributed by atoms with E-state index in [2.05, 4.69) is 20.4 Å². The Kier molecular flexibility index (Phi) is 4.00. The molecular weight excluding hydrogens is 360 g/mol. The van der Waals surface area contributed by atoms with E-state index in [1.165, 1.54) is 17.4 Å². The SMILES string of the molecule is Cc1cc(C(F)(F)Cl)n2nc(C(=O)Nc3nc(C)c(C)s3)cc2n1. The maximum absolute atomic E-state index is 13.5. The second-order valence-electron chi connectivity index (χ2n) is 5.19. The molecule has 3 aromatic heterocycles. The van der Waals surface area contributed by atoms with Gasteiger partial charge in [0.25, 0.3) is 5.91 Å². The summed E-state index contributed by atoms with van der Waals surface area (Å²) in [4.78, 5) is 21.5. The van der Waals surface area contributed by atoms with E-state index in [0.717, 1.165) is 21.2 Å². The number of carbonyl (C=O) groups excluding carboxylic acids is 1. The first-order valence-corrected chi connectivity index (χ1v) is 8.04. The number of hydrogen-bond acceptors (Lipinski definition) is 5. The van der Waals surface area contributed by atoms with Gasteiger partial charge in [-0.1, -0.05) is 0 Å². The molecule has 0 bridgehead atoms. The molecule has 0 aliphatic carbocycles. The summed E-state index contributed by atoms with van der Waals surface area (Å²) < 4.78 is 27.9. The Balaban J connectivity index is 2.00. The van der Waals surface area contributed by atoms with E-state index in [-0.39, 0.29) is 11.3 Å². The van der Waals surface area contributed by atoms with Crippen molar-refractivity contribution in [3.63, 3.8) is 0 Å². The minimum atomic E-state index is -3.63. The smallest absolute Gasteiger partial charge is 0.296 e. The van der Waals surface area contributed by atoms with Crippen molar-refractivity contribution in [3.8, 4) is 0 Å². The molecule has 10 heteroatoms. The van der Waals surface area contributed by atoms with Crippen LogP contribution < -0.4 is 5.32 Å². The van der Waals surface area contributed by atoms with Crippen molar-refractivity contribution in [1.82, 2.24) is 19.6 Å². The molecule has 0 aliphatic rings. The predicted molar refractivity (Wildman–Crippen MR) is 87.0 cm³/mol. The molecule has 3 aromatic rings. The summed E-state index contributed by atoms with van der Waals surface area (Å²) in [5, 5.41) is 3.28. The fourth-order valence-corrected chi connectivity index (χ4v) is 3.04. The third kappa shape index (κ3) is 3.09. The molecule has 0 fully saturated rings. The van der Waals surface area contributed by atoms with Gasteiger partial charge < -0.3 is 0 Å². The molecule has 0 aliphatic heterocycles. The van der Waals surface area contributed by atoms with Crippen molar-refractivity contribution in [2.24, 2.45) is 0 Å². The first kappa shape index (κ1) is 16.7. The second kappa shape index (κ2) is 5.75. The van der Waals surface area contributed by atoms with Crippen LogP contribution in [0.1, 0.15) is 32.4 Å². The van der Waals surface area contributed by atoms with Crippen LogP contribution in [0.5, 0.6) is 0 Å². The molecule has 1 amide bonds. The van der Waals surface area contributed by atoms with E-state index >= 15 is 0 Å². The first-order chi connectivity index (χ1) is 11.1. The van der Waals surface area contributed by atoms with Gasteiger partial charge >= 0.3 is 5.38 Å². The van der Waals surface area contributed by atoms with Crippen LogP contribution in [0.2, 0.25) is 0 Å².